The third kappa shape index (κ3) is 2.52. The molecular weight excluding hydrogens is 275 g/mol. The van der Waals surface area contributed by atoms with E-state index in [4.69, 9.17) is 9.84 Å². The van der Waals surface area contributed by atoms with Crippen molar-refractivity contribution in [2.75, 3.05) is 13.7 Å². The van der Waals surface area contributed by atoms with Crippen molar-refractivity contribution in [1.29, 1.82) is 0 Å². The molecule has 0 radical (unpaired) electrons. The number of aromatic nitrogens is 3. The van der Waals surface area contributed by atoms with Gasteiger partial charge in [-0.15, -0.1) is 10.2 Å². The molecule has 5 nitrogen and oxygen atoms in total. The molecule has 1 N–H and O–H groups in total. The Morgan fingerprint density at radius 3 is 2.60 bits per heavy atom. The second-order valence-corrected chi connectivity index (χ2v) is 3.97. The minimum absolute atomic E-state index is 0.00231. The summed E-state index contributed by atoms with van der Waals surface area (Å²) in [4.78, 5) is 0. The fourth-order valence-electron chi connectivity index (χ4n) is 1.77. The topological polar surface area (TPSA) is 60.2 Å². The van der Waals surface area contributed by atoms with Gasteiger partial charge in [-0.2, -0.15) is 0 Å². The molecule has 0 aliphatic carbocycles. The fraction of sp³-hybridized carbons (Fsp3) is 0.333. The first-order valence-electron chi connectivity index (χ1n) is 5.75. The fourth-order valence-corrected chi connectivity index (χ4v) is 1.77. The number of hydrogen-bond acceptors (Lipinski definition) is 4. The molecule has 1 aromatic carbocycles. The van der Waals surface area contributed by atoms with Gasteiger partial charge < -0.3 is 14.4 Å². The number of rotatable bonds is 5. The van der Waals surface area contributed by atoms with Crippen molar-refractivity contribution in [2.24, 2.45) is 0 Å². The summed E-state index contributed by atoms with van der Waals surface area (Å²) in [6.07, 6.45) is 0. The lowest BCUT2D eigenvalue weighted by molar-refractivity contribution is 0.183. The molecule has 20 heavy (non-hydrogen) atoms. The molecule has 0 amide bonds. The molecule has 1 heterocycles. The van der Waals surface area contributed by atoms with Crippen LogP contribution < -0.4 is 0 Å². The van der Waals surface area contributed by atoms with E-state index in [9.17, 15) is 13.2 Å². The molecule has 2 rings (SSSR count). The Morgan fingerprint density at radius 2 is 1.95 bits per heavy atom. The molecule has 0 aliphatic rings. The number of aliphatic hydroxyl groups is 1. The summed E-state index contributed by atoms with van der Waals surface area (Å²) in [7, 11) is 1.47. The minimum atomic E-state index is -1.57. The van der Waals surface area contributed by atoms with E-state index in [1.165, 1.54) is 11.7 Å². The zero-order chi connectivity index (χ0) is 14.7. The first kappa shape index (κ1) is 14.5. The largest absolute Gasteiger partial charge is 0.388 e. The van der Waals surface area contributed by atoms with Crippen LogP contribution in [0.2, 0.25) is 0 Å². The van der Waals surface area contributed by atoms with Crippen LogP contribution in [0.15, 0.2) is 12.1 Å². The summed E-state index contributed by atoms with van der Waals surface area (Å²) in [5, 5.41) is 16.5. The molecular formula is C12H12F3N3O2. The van der Waals surface area contributed by atoms with Gasteiger partial charge in [0.05, 0.1) is 12.2 Å². The van der Waals surface area contributed by atoms with Crippen LogP contribution in [0.4, 0.5) is 13.2 Å². The van der Waals surface area contributed by atoms with Gasteiger partial charge >= 0.3 is 0 Å². The van der Waals surface area contributed by atoms with Gasteiger partial charge in [0, 0.05) is 13.7 Å². The predicted molar refractivity (Wildman–Crippen MR) is 63.1 cm³/mol. The van der Waals surface area contributed by atoms with Gasteiger partial charge in [-0.05, 0) is 12.1 Å². The Morgan fingerprint density at radius 1 is 1.20 bits per heavy atom. The number of hydrogen-bond donors (Lipinski definition) is 1. The summed E-state index contributed by atoms with van der Waals surface area (Å²) < 4.78 is 46.3. The van der Waals surface area contributed by atoms with E-state index in [0.717, 1.165) is 12.1 Å². The molecule has 0 saturated carbocycles. The monoisotopic (exact) mass is 287 g/mol. The molecule has 0 fully saturated rings. The summed E-state index contributed by atoms with van der Waals surface area (Å²) in [6.45, 7) is 0.0957. The average Bonchev–Trinajstić information content (AvgIpc) is 2.85. The second-order valence-electron chi connectivity index (χ2n) is 3.97. The zero-order valence-electron chi connectivity index (χ0n) is 10.6. The van der Waals surface area contributed by atoms with Gasteiger partial charge in [0.15, 0.2) is 29.1 Å². The maximum atomic E-state index is 13.8. The number of aliphatic hydroxyl groups excluding tert-OH is 1. The Kier molecular flexibility index (Phi) is 4.35. The summed E-state index contributed by atoms with van der Waals surface area (Å²) in [5.74, 6) is -4.02. The van der Waals surface area contributed by atoms with Crippen LogP contribution in [-0.2, 0) is 17.9 Å². The van der Waals surface area contributed by atoms with Crippen molar-refractivity contribution in [3.05, 3.63) is 35.4 Å². The van der Waals surface area contributed by atoms with Crippen LogP contribution in [0.5, 0.6) is 0 Å². The number of ether oxygens (including phenoxy) is 1. The Balaban J connectivity index is 2.52. The van der Waals surface area contributed by atoms with Gasteiger partial charge in [-0.1, -0.05) is 0 Å². The van der Waals surface area contributed by atoms with E-state index >= 15 is 0 Å². The molecule has 0 unspecified atom stereocenters. The van der Waals surface area contributed by atoms with Crippen molar-refractivity contribution >= 4 is 0 Å². The normalized spacial score (nSPS) is 11.1. The molecule has 0 saturated heterocycles. The molecule has 0 aliphatic heterocycles. The van der Waals surface area contributed by atoms with Gasteiger partial charge in [-0.25, -0.2) is 13.2 Å². The van der Waals surface area contributed by atoms with Crippen LogP contribution in [0.3, 0.4) is 0 Å². The predicted octanol–water partition coefficient (Wildman–Crippen LogP) is 1.50. The summed E-state index contributed by atoms with van der Waals surface area (Å²) >= 11 is 0. The van der Waals surface area contributed by atoms with E-state index in [1.807, 2.05) is 0 Å². The first-order valence-corrected chi connectivity index (χ1v) is 5.75. The second kappa shape index (κ2) is 6.02. The smallest absolute Gasteiger partial charge is 0.195 e. The highest BCUT2D eigenvalue weighted by molar-refractivity contribution is 5.56. The molecule has 108 valence electrons. The molecule has 0 spiro atoms. The number of nitrogens with zero attached hydrogens (tertiary/aromatic N) is 3. The lowest BCUT2D eigenvalue weighted by Gasteiger charge is -2.09. The van der Waals surface area contributed by atoms with E-state index in [2.05, 4.69) is 10.2 Å². The number of benzene rings is 1. The van der Waals surface area contributed by atoms with E-state index in [0.29, 0.717) is 0 Å². The SMILES string of the molecule is COCCn1c(CO)nnc1-c1ccc(F)c(F)c1F. The van der Waals surface area contributed by atoms with Crippen molar-refractivity contribution in [3.8, 4) is 11.4 Å². The van der Waals surface area contributed by atoms with Crippen LogP contribution >= 0.6 is 0 Å². The van der Waals surface area contributed by atoms with Crippen molar-refractivity contribution in [1.82, 2.24) is 14.8 Å². The molecule has 8 heteroatoms. The molecule has 1 aromatic heterocycles. The van der Waals surface area contributed by atoms with E-state index in [-0.39, 0.29) is 30.4 Å². The minimum Gasteiger partial charge on any atom is -0.388 e. The highest BCUT2D eigenvalue weighted by Gasteiger charge is 2.20. The van der Waals surface area contributed by atoms with Crippen LogP contribution in [0, 0.1) is 17.5 Å². The number of halogens is 3. The van der Waals surface area contributed by atoms with Crippen LogP contribution in [0.1, 0.15) is 5.82 Å². The average molecular weight is 287 g/mol. The van der Waals surface area contributed by atoms with Gasteiger partial charge in [0.25, 0.3) is 0 Å². The lowest BCUT2D eigenvalue weighted by atomic mass is 10.2. The number of methoxy groups -OCH3 is 1. The van der Waals surface area contributed by atoms with E-state index in [1.54, 1.807) is 0 Å². The highest BCUT2D eigenvalue weighted by Crippen LogP contribution is 2.25. The van der Waals surface area contributed by atoms with Gasteiger partial charge in [0.1, 0.15) is 6.61 Å². The standard InChI is InChI=1S/C12H12F3N3O2/c1-20-5-4-18-9(6-19)16-17-12(18)7-2-3-8(13)11(15)10(7)14/h2-3,19H,4-6H2,1H3. The third-order valence-corrected chi connectivity index (χ3v) is 2.76. The molecule has 0 atom stereocenters. The maximum absolute atomic E-state index is 13.8. The Labute approximate surface area is 112 Å². The van der Waals surface area contributed by atoms with Crippen molar-refractivity contribution in [3.63, 3.8) is 0 Å². The Bertz CT molecular complexity index is 616. The lowest BCUT2D eigenvalue weighted by Crippen LogP contribution is -2.11. The summed E-state index contributed by atoms with van der Waals surface area (Å²) in [5.41, 5.74) is -0.229. The molecule has 0 bridgehead atoms. The zero-order valence-corrected chi connectivity index (χ0v) is 10.6. The quantitative estimate of drug-likeness (QED) is 0.847. The van der Waals surface area contributed by atoms with Crippen molar-refractivity contribution in [2.45, 2.75) is 13.2 Å². The molecule has 2 aromatic rings. The van der Waals surface area contributed by atoms with Crippen LogP contribution in [-0.4, -0.2) is 33.6 Å². The highest BCUT2D eigenvalue weighted by atomic mass is 19.2. The van der Waals surface area contributed by atoms with E-state index < -0.39 is 24.1 Å². The maximum Gasteiger partial charge on any atom is 0.195 e. The Hall–Kier alpha value is -1.93. The van der Waals surface area contributed by atoms with Gasteiger partial charge in [0.2, 0.25) is 0 Å². The third-order valence-electron chi connectivity index (χ3n) is 2.76. The first-order chi connectivity index (χ1) is 9.60. The van der Waals surface area contributed by atoms with Crippen molar-refractivity contribution < 1.29 is 23.0 Å². The van der Waals surface area contributed by atoms with Crippen LogP contribution in [0.25, 0.3) is 11.4 Å². The summed E-state index contributed by atoms with van der Waals surface area (Å²) in [6, 6.07) is 1.88. The van der Waals surface area contributed by atoms with Gasteiger partial charge in [-0.3, -0.25) is 0 Å².